The van der Waals surface area contributed by atoms with Crippen molar-refractivity contribution in [1.82, 2.24) is 5.32 Å². The maximum Gasteiger partial charge on any atom is 0.259 e. The summed E-state index contributed by atoms with van der Waals surface area (Å²) >= 11 is 0. The number of anilines is 1. The average molecular weight is 386 g/mol. The molecule has 0 fully saturated rings. The van der Waals surface area contributed by atoms with Crippen LogP contribution in [0.25, 0.3) is 0 Å². The molecule has 0 saturated heterocycles. The Balaban J connectivity index is 1.54. The summed E-state index contributed by atoms with van der Waals surface area (Å²) in [6.45, 7) is 0.392. The van der Waals surface area contributed by atoms with Crippen LogP contribution in [-0.4, -0.2) is 25.0 Å². The predicted molar refractivity (Wildman–Crippen MR) is 112 cm³/mol. The monoisotopic (exact) mass is 386 g/mol. The van der Waals surface area contributed by atoms with Crippen LogP contribution < -0.4 is 15.0 Å². The first kappa shape index (κ1) is 18.7. The average Bonchev–Trinajstić information content (AvgIpc) is 3.17. The number of methoxy groups -OCH3 is 1. The highest BCUT2D eigenvalue weighted by Crippen LogP contribution is 2.33. The van der Waals surface area contributed by atoms with Gasteiger partial charge in [-0.1, -0.05) is 48.5 Å². The van der Waals surface area contributed by atoms with Gasteiger partial charge in [-0.3, -0.25) is 14.5 Å². The molecule has 1 unspecified atom stereocenters. The van der Waals surface area contributed by atoms with Crippen molar-refractivity contribution in [2.45, 2.75) is 19.0 Å². The maximum absolute atomic E-state index is 13.2. The van der Waals surface area contributed by atoms with E-state index in [4.69, 9.17) is 4.74 Å². The Kier molecular flexibility index (Phi) is 5.29. The van der Waals surface area contributed by atoms with E-state index in [1.54, 1.807) is 24.1 Å². The van der Waals surface area contributed by atoms with Gasteiger partial charge in [0.05, 0.1) is 7.11 Å². The summed E-state index contributed by atoms with van der Waals surface area (Å²) in [4.78, 5) is 27.8. The van der Waals surface area contributed by atoms with Crippen LogP contribution in [0.15, 0.2) is 78.9 Å². The second-order valence-corrected chi connectivity index (χ2v) is 6.96. The third-order valence-corrected chi connectivity index (χ3v) is 5.14. The molecule has 1 aliphatic rings. The summed E-state index contributed by atoms with van der Waals surface area (Å²) < 4.78 is 5.16. The normalized spacial score (nSPS) is 14.9. The van der Waals surface area contributed by atoms with Crippen molar-refractivity contribution in [1.29, 1.82) is 0 Å². The molecule has 0 aliphatic carbocycles. The largest absolute Gasteiger partial charge is 0.497 e. The summed E-state index contributed by atoms with van der Waals surface area (Å²) in [5.74, 6) is 0.437. The van der Waals surface area contributed by atoms with E-state index in [1.807, 2.05) is 66.7 Å². The Morgan fingerprint density at radius 1 is 0.966 bits per heavy atom. The number of rotatable bonds is 5. The van der Waals surface area contributed by atoms with Gasteiger partial charge in [0, 0.05) is 24.2 Å². The van der Waals surface area contributed by atoms with Crippen molar-refractivity contribution in [2.24, 2.45) is 0 Å². The van der Waals surface area contributed by atoms with Crippen LogP contribution in [0.1, 0.15) is 21.5 Å². The molecule has 3 aromatic carbocycles. The van der Waals surface area contributed by atoms with Gasteiger partial charge in [0.25, 0.3) is 5.91 Å². The van der Waals surface area contributed by atoms with Crippen LogP contribution in [0.2, 0.25) is 0 Å². The third kappa shape index (κ3) is 3.85. The molecular weight excluding hydrogens is 364 g/mol. The topological polar surface area (TPSA) is 58.6 Å². The molecule has 146 valence electrons. The van der Waals surface area contributed by atoms with Gasteiger partial charge in [0.15, 0.2) is 0 Å². The number of hydrogen-bond acceptors (Lipinski definition) is 3. The number of carbonyl (C=O) groups is 2. The molecular formula is C24H22N2O3. The Labute approximate surface area is 169 Å². The molecule has 1 heterocycles. The van der Waals surface area contributed by atoms with E-state index in [1.165, 1.54) is 0 Å². The highest BCUT2D eigenvalue weighted by Gasteiger charge is 2.38. The fourth-order valence-corrected chi connectivity index (χ4v) is 3.62. The highest BCUT2D eigenvalue weighted by molar-refractivity contribution is 6.11. The quantitative estimate of drug-likeness (QED) is 0.729. The summed E-state index contributed by atoms with van der Waals surface area (Å²) in [6.07, 6.45) is 0.503. The van der Waals surface area contributed by atoms with Crippen molar-refractivity contribution in [3.63, 3.8) is 0 Å². The summed E-state index contributed by atoms with van der Waals surface area (Å²) in [5, 5.41) is 2.98. The van der Waals surface area contributed by atoms with E-state index in [0.717, 1.165) is 22.6 Å². The molecule has 0 aromatic heterocycles. The van der Waals surface area contributed by atoms with Crippen molar-refractivity contribution in [3.05, 3.63) is 95.6 Å². The second-order valence-electron chi connectivity index (χ2n) is 6.96. The van der Waals surface area contributed by atoms with Gasteiger partial charge < -0.3 is 10.1 Å². The summed E-state index contributed by atoms with van der Waals surface area (Å²) in [5.41, 5.74) is 3.33. The molecule has 4 rings (SSSR count). The van der Waals surface area contributed by atoms with Crippen LogP contribution in [0.4, 0.5) is 5.69 Å². The number of nitrogens with zero attached hydrogens (tertiary/aromatic N) is 1. The van der Waals surface area contributed by atoms with Gasteiger partial charge in [-0.15, -0.1) is 0 Å². The predicted octanol–water partition coefficient (Wildman–Crippen LogP) is 3.58. The van der Waals surface area contributed by atoms with E-state index in [0.29, 0.717) is 18.5 Å². The Bertz CT molecular complexity index is 1020. The fraction of sp³-hybridized carbons (Fsp3) is 0.167. The van der Waals surface area contributed by atoms with Crippen LogP contribution in [0, 0.1) is 0 Å². The molecule has 29 heavy (non-hydrogen) atoms. The molecule has 1 aliphatic heterocycles. The zero-order chi connectivity index (χ0) is 20.2. The lowest BCUT2D eigenvalue weighted by Gasteiger charge is -2.25. The Morgan fingerprint density at radius 3 is 2.38 bits per heavy atom. The van der Waals surface area contributed by atoms with E-state index >= 15 is 0 Å². The number of para-hydroxylation sites is 1. The number of carbonyl (C=O) groups excluding carboxylic acids is 2. The molecule has 2 amide bonds. The molecule has 0 radical (unpaired) electrons. The van der Waals surface area contributed by atoms with E-state index in [2.05, 4.69) is 5.32 Å². The lowest BCUT2D eigenvalue weighted by atomic mass is 10.1. The number of hydrogen-bond donors (Lipinski definition) is 1. The van der Waals surface area contributed by atoms with Crippen LogP contribution in [0.3, 0.4) is 0 Å². The minimum Gasteiger partial charge on any atom is -0.497 e. The van der Waals surface area contributed by atoms with E-state index in [-0.39, 0.29) is 11.8 Å². The number of nitrogens with one attached hydrogen (secondary N) is 1. The smallest absolute Gasteiger partial charge is 0.259 e. The molecule has 0 saturated carbocycles. The molecule has 0 spiro atoms. The van der Waals surface area contributed by atoms with Gasteiger partial charge in [0.1, 0.15) is 11.8 Å². The van der Waals surface area contributed by atoms with Gasteiger partial charge in [-0.05, 0) is 41.5 Å². The Hall–Kier alpha value is -3.60. The summed E-state index contributed by atoms with van der Waals surface area (Å²) in [7, 11) is 1.62. The SMILES string of the molecule is COc1ccc(CNC(=O)C2Cc3ccccc3N2C(=O)c2ccccc2)cc1. The molecule has 3 aromatic rings. The number of fused-ring (bicyclic) bond motifs is 1. The first-order valence-electron chi connectivity index (χ1n) is 9.54. The molecule has 0 bridgehead atoms. The van der Waals surface area contributed by atoms with Gasteiger partial charge in [-0.2, -0.15) is 0 Å². The van der Waals surface area contributed by atoms with Crippen molar-refractivity contribution in [3.8, 4) is 5.75 Å². The zero-order valence-corrected chi connectivity index (χ0v) is 16.2. The van der Waals surface area contributed by atoms with Crippen LogP contribution >= 0.6 is 0 Å². The highest BCUT2D eigenvalue weighted by atomic mass is 16.5. The minimum absolute atomic E-state index is 0.165. The molecule has 5 heteroatoms. The van der Waals surface area contributed by atoms with Crippen molar-refractivity contribution >= 4 is 17.5 Å². The second kappa shape index (κ2) is 8.19. The lowest BCUT2D eigenvalue weighted by Crippen LogP contribution is -2.48. The van der Waals surface area contributed by atoms with Gasteiger partial charge in [-0.25, -0.2) is 0 Å². The van der Waals surface area contributed by atoms with Gasteiger partial charge >= 0.3 is 0 Å². The molecule has 5 nitrogen and oxygen atoms in total. The fourth-order valence-electron chi connectivity index (χ4n) is 3.62. The van der Waals surface area contributed by atoms with E-state index < -0.39 is 6.04 Å². The van der Waals surface area contributed by atoms with E-state index in [9.17, 15) is 9.59 Å². The number of amides is 2. The first-order chi connectivity index (χ1) is 14.2. The molecule has 1 atom stereocenters. The number of benzene rings is 3. The zero-order valence-electron chi connectivity index (χ0n) is 16.2. The van der Waals surface area contributed by atoms with Gasteiger partial charge in [0.2, 0.25) is 5.91 Å². The van der Waals surface area contributed by atoms with Crippen LogP contribution in [0.5, 0.6) is 5.75 Å². The number of ether oxygens (including phenoxy) is 1. The van der Waals surface area contributed by atoms with Crippen LogP contribution in [-0.2, 0) is 17.8 Å². The maximum atomic E-state index is 13.2. The summed E-state index contributed by atoms with van der Waals surface area (Å²) in [6, 6.07) is 23.7. The van der Waals surface area contributed by atoms with Crippen molar-refractivity contribution in [2.75, 3.05) is 12.0 Å². The third-order valence-electron chi connectivity index (χ3n) is 5.14. The minimum atomic E-state index is -0.571. The molecule has 1 N–H and O–H groups in total. The lowest BCUT2D eigenvalue weighted by molar-refractivity contribution is -0.122. The first-order valence-corrected chi connectivity index (χ1v) is 9.54. The standard InChI is InChI=1S/C24H22N2O3/c1-29-20-13-11-17(12-14-20)16-25-23(27)22-15-19-9-5-6-10-21(19)26(22)24(28)18-7-3-2-4-8-18/h2-14,22H,15-16H2,1H3,(H,25,27). The Morgan fingerprint density at radius 2 is 1.66 bits per heavy atom. The van der Waals surface area contributed by atoms with Crippen molar-refractivity contribution < 1.29 is 14.3 Å².